The maximum Gasteiger partial charge on any atom is 0.0704 e. The molecule has 90 valence electrons. The lowest BCUT2D eigenvalue weighted by Crippen LogP contribution is -2.27. The van der Waals surface area contributed by atoms with Crippen LogP contribution in [0.3, 0.4) is 0 Å². The Bertz CT molecular complexity index is 154. The molecule has 0 heterocycles. The van der Waals surface area contributed by atoms with E-state index in [0.717, 1.165) is 30.8 Å². The molecule has 2 atom stereocenters. The van der Waals surface area contributed by atoms with Gasteiger partial charge < -0.3 is 9.47 Å². The number of hydrogen-bond acceptors (Lipinski definition) is 3. The van der Waals surface area contributed by atoms with E-state index in [0.29, 0.717) is 12.7 Å². The van der Waals surface area contributed by atoms with Crippen LogP contribution in [-0.4, -0.2) is 31.7 Å². The predicted octanol–water partition coefficient (Wildman–Crippen LogP) is 2.77. The molecule has 1 fully saturated rings. The Morgan fingerprint density at radius 1 is 1.00 bits per heavy atom. The standard InChI is InChI=1S/C12H24O2S/c1-10-7-11(2)9-12(8-10)14-4-3-13-5-6-15/h10-12,15H,3-9H2,1-2H3. The second kappa shape index (κ2) is 7.53. The van der Waals surface area contributed by atoms with Gasteiger partial charge in [0, 0.05) is 5.75 Å². The van der Waals surface area contributed by atoms with E-state index in [4.69, 9.17) is 9.47 Å². The van der Waals surface area contributed by atoms with Crippen molar-refractivity contribution >= 4 is 12.6 Å². The van der Waals surface area contributed by atoms with Crippen LogP contribution in [0.1, 0.15) is 33.1 Å². The summed E-state index contributed by atoms with van der Waals surface area (Å²) in [7, 11) is 0. The van der Waals surface area contributed by atoms with Crippen molar-refractivity contribution in [2.24, 2.45) is 11.8 Å². The van der Waals surface area contributed by atoms with Crippen LogP contribution in [0.5, 0.6) is 0 Å². The fourth-order valence-electron chi connectivity index (χ4n) is 2.45. The highest BCUT2D eigenvalue weighted by atomic mass is 32.1. The number of ether oxygens (including phenoxy) is 2. The van der Waals surface area contributed by atoms with E-state index < -0.39 is 0 Å². The summed E-state index contributed by atoms with van der Waals surface area (Å²) < 4.78 is 11.1. The maximum atomic E-state index is 5.82. The van der Waals surface area contributed by atoms with Gasteiger partial charge >= 0.3 is 0 Å². The van der Waals surface area contributed by atoms with Crippen molar-refractivity contribution in [1.82, 2.24) is 0 Å². The topological polar surface area (TPSA) is 18.5 Å². The number of hydrogen-bond donors (Lipinski definition) is 1. The summed E-state index contributed by atoms with van der Waals surface area (Å²) in [4.78, 5) is 0. The van der Waals surface area contributed by atoms with Gasteiger partial charge in [-0.2, -0.15) is 12.6 Å². The van der Waals surface area contributed by atoms with Crippen LogP contribution in [0.2, 0.25) is 0 Å². The molecule has 0 spiro atoms. The van der Waals surface area contributed by atoms with E-state index in [-0.39, 0.29) is 0 Å². The molecule has 3 heteroatoms. The highest BCUT2D eigenvalue weighted by Gasteiger charge is 2.23. The highest BCUT2D eigenvalue weighted by molar-refractivity contribution is 7.80. The summed E-state index contributed by atoms with van der Waals surface area (Å²) >= 11 is 4.08. The van der Waals surface area contributed by atoms with Crippen LogP contribution in [-0.2, 0) is 9.47 Å². The number of thiol groups is 1. The van der Waals surface area contributed by atoms with E-state index in [1.807, 2.05) is 0 Å². The molecule has 0 aliphatic heterocycles. The molecular weight excluding hydrogens is 208 g/mol. The highest BCUT2D eigenvalue weighted by Crippen LogP contribution is 2.30. The lowest BCUT2D eigenvalue weighted by Gasteiger charge is -2.31. The molecule has 1 aliphatic rings. The zero-order valence-corrected chi connectivity index (χ0v) is 10.8. The largest absolute Gasteiger partial charge is 0.378 e. The third-order valence-electron chi connectivity index (χ3n) is 2.95. The van der Waals surface area contributed by atoms with Gasteiger partial charge in [-0.3, -0.25) is 0 Å². The molecule has 0 aromatic heterocycles. The van der Waals surface area contributed by atoms with Crippen LogP contribution in [0.25, 0.3) is 0 Å². The Hall–Kier alpha value is 0.270. The second-order valence-electron chi connectivity index (χ2n) is 4.75. The third kappa shape index (κ3) is 5.79. The molecule has 1 aliphatic carbocycles. The van der Waals surface area contributed by atoms with Crippen molar-refractivity contribution in [3.63, 3.8) is 0 Å². The summed E-state index contributed by atoms with van der Waals surface area (Å²) in [5.74, 6) is 2.42. The Labute approximate surface area is 99.1 Å². The van der Waals surface area contributed by atoms with Crippen molar-refractivity contribution in [2.75, 3.05) is 25.6 Å². The van der Waals surface area contributed by atoms with Crippen LogP contribution in [0.15, 0.2) is 0 Å². The van der Waals surface area contributed by atoms with E-state index in [1.54, 1.807) is 0 Å². The van der Waals surface area contributed by atoms with Gasteiger partial charge in [0.25, 0.3) is 0 Å². The van der Waals surface area contributed by atoms with Gasteiger partial charge in [0.1, 0.15) is 0 Å². The summed E-state index contributed by atoms with van der Waals surface area (Å²) in [6.07, 6.45) is 4.26. The zero-order chi connectivity index (χ0) is 11.1. The van der Waals surface area contributed by atoms with Crippen LogP contribution in [0, 0.1) is 11.8 Å². The Balaban J connectivity index is 2.04. The maximum absolute atomic E-state index is 5.82. The lowest BCUT2D eigenvalue weighted by molar-refractivity contribution is -0.0259. The molecule has 0 aromatic carbocycles. The fourth-order valence-corrected chi connectivity index (χ4v) is 2.58. The van der Waals surface area contributed by atoms with Gasteiger partial charge in [0.2, 0.25) is 0 Å². The summed E-state index contributed by atoms with van der Waals surface area (Å²) in [5.41, 5.74) is 0. The molecular formula is C12H24O2S. The minimum atomic E-state index is 0.461. The smallest absolute Gasteiger partial charge is 0.0704 e. The molecule has 0 aromatic rings. The molecule has 0 N–H and O–H groups in total. The summed E-state index contributed by atoms with van der Waals surface area (Å²) in [5, 5.41) is 0. The van der Waals surface area contributed by atoms with Crippen molar-refractivity contribution in [3.8, 4) is 0 Å². The van der Waals surface area contributed by atoms with Gasteiger partial charge in [-0.05, 0) is 31.1 Å². The van der Waals surface area contributed by atoms with Crippen molar-refractivity contribution in [3.05, 3.63) is 0 Å². The first-order valence-electron chi connectivity index (χ1n) is 6.02. The SMILES string of the molecule is CC1CC(C)CC(OCCOCCS)C1. The normalized spacial score (nSPS) is 31.8. The Kier molecular flexibility index (Phi) is 6.69. The Morgan fingerprint density at radius 2 is 1.67 bits per heavy atom. The van der Waals surface area contributed by atoms with E-state index >= 15 is 0 Å². The quantitative estimate of drug-likeness (QED) is 0.561. The third-order valence-corrected chi connectivity index (χ3v) is 3.13. The Morgan fingerprint density at radius 3 is 2.27 bits per heavy atom. The average Bonchev–Trinajstić information content (AvgIpc) is 2.16. The minimum absolute atomic E-state index is 0.461. The zero-order valence-electron chi connectivity index (χ0n) is 9.95. The van der Waals surface area contributed by atoms with E-state index in [1.165, 1.54) is 19.3 Å². The molecule has 0 saturated heterocycles. The van der Waals surface area contributed by atoms with Gasteiger partial charge in [-0.15, -0.1) is 0 Å². The van der Waals surface area contributed by atoms with E-state index in [9.17, 15) is 0 Å². The van der Waals surface area contributed by atoms with Crippen LogP contribution >= 0.6 is 12.6 Å². The molecule has 1 saturated carbocycles. The van der Waals surface area contributed by atoms with Crippen LogP contribution in [0.4, 0.5) is 0 Å². The van der Waals surface area contributed by atoms with Gasteiger partial charge in [-0.25, -0.2) is 0 Å². The summed E-state index contributed by atoms with van der Waals surface area (Å²) in [6, 6.07) is 0. The van der Waals surface area contributed by atoms with Gasteiger partial charge in [-0.1, -0.05) is 13.8 Å². The molecule has 1 rings (SSSR count). The molecule has 15 heavy (non-hydrogen) atoms. The fraction of sp³-hybridized carbons (Fsp3) is 1.00. The first-order valence-corrected chi connectivity index (χ1v) is 6.65. The minimum Gasteiger partial charge on any atom is -0.378 e. The van der Waals surface area contributed by atoms with Gasteiger partial charge in [0.15, 0.2) is 0 Å². The van der Waals surface area contributed by atoms with Crippen molar-refractivity contribution in [1.29, 1.82) is 0 Å². The van der Waals surface area contributed by atoms with Crippen molar-refractivity contribution < 1.29 is 9.47 Å². The molecule has 0 amide bonds. The van der Waals surface area contributed by atoms with E-state index in [2.05, 4.69) is 26.5 Å². The molecule has 2 unspecified atom stereocenters. The van der Waals surface area contributed by atoms with Gasteiger partial charge in [0.05, 0.1) is 25.9 Å². The van der Waals surface area contributed by atoms with Crippen molar-refractivity contribution in [2.45, 2.75) is 39.2 Å². The average molecular weight is 232 g/mol. The second-order valence-corrected chi connectivity index (χ2v) is 5.19. The lowest BCUT2D eigenvalue weighted by atomic mass is 9.82. The first kappa shape index (κ1) is 13.3. The first-order chi connectivity index (χ1) is 7.22. The molecule has 0 bridgehead atoms. The molecule has 0 radical (unpaired) electrons. The monoisotopic (exact) mass is 232 g/mol. The predicted molar refractivity (Wildman–Crippen MR) is 66.6 cm³/mol. The summed E-state index contributed by atoms with van der Waals surface area (Å²) in [6.45, 7) is 6.81. The number of rotatable bonds is 6. The van der Waals surface area contributed by atoms with Crippen LogP contribution < -0.4 is 0 Å². The molecule has 2 nitrogen and oxygen atoms in total.